The molecule has 56 heavy (non-hydrogen) atoms. The summed E-state index contributed by atoms with van der Waals surface area (Å²) in [5.74, 6) is 0. The molecule has 0 fully saturated rings. The standard InChI is InChI=1S/C55H53N/c1-33(2)35-12-19-41(20-13-35)56(42-21-17-39(18-22-42)53(4,5)6)43-23-27-46-45-25-14-36(31-49(45)55(10,11)50(46)32-43)48-28-34(3)44-24-15-37-29-40(54(7,8)9)30-38-16-26-47(48)52(44)51(37)38/h12-32H,1H2,2-11H3. The first kappa shape index (κ1) is 36.0. The van der Waals surface area contributed by atoms with E-state index in [9.17, 15) is 0 Å². The van der Waals surface area contributed by atoms with Gasteiger partial charge in [-0.15, -0.1) is 0 Å². The first-order valence-corrected chi connectivity index (χ1v) is 20.2. The fourth-order valence-corrected chi connectivity index (χ4v) is 9.25. The predicted molar refractivity (Wildman–Crippen MR) is 245 cm³/mol. The molecule has 0 saturated carbocycles. The van der Waals surface area contributed by atoms with E-state index in [2.05, 4.69) is 208 Å². The van der Waals surface area contributed by atoms with Crippen molar-refractivity contribution in [3.8, 4) is 22.3 Å². The molecule has 0 unspecified atom stereocenters. The molecule has 0 aliphatic heterocycles. The Hall–Kier alpha value is -5.66. The maximum absolute atomic E-state index is 4.18. The first-order valence-electron chi connectivity index (χ1n) is 20.2. The highest BCUT2D eigenvalue weighted by Gasteiger charge is 2.36. The summed E-state index contributed by atoms with van der Waals surface area (Å²) >= 11 is 0. The van der Waals surface area contributed by atoms with Crippen LogP contribution in [0, 0.1) is 6.92 Å². The third-order valence-corrected chi connectivity index (χ3v) is 12.6. The summed E-state index contributed by atoms with van der Waals surface area (Å²) in [5.41, 5.74) is 17.7. The van der Waals surface area contributed by atoms with Gasteiger partial charge in [0, 0.05) is 22.5 Å². The van der Waals surface area contributed by atoms with Gasteiger partial charge in [-0.3, -0.25) is 0 Å². The van der Waals surface area contributed by atoms with Crippen molar-refractivity contribution in [1.29, 1.82) is 0 Å². The zero-order chi connectivity index (χ0) is 39.5. The number of fused-ring (bicyclic) bond motifs is 3. The van der Waals surface area contributed by atoms with E-state index in [4.69, 9.17) is 0 Å². The Morgan fingerprint density at radius 2 is 1.05 bits per heavy atom. The molecule has 0 saturated heterocycles. The lowest BCUT2D eigenvalue weighted by molar-refractivity contribution is 0.590. The second-order valence-electron chi connectivity index (χ2n) is 19.0. The van der Waals surface area contributed by atoms with E-state index >= 15 is 0 Å². The van der Waals surface area contributed by atoms with Crippen molar-refractivity contribution in [3.05, 3.63) is 167 Å². The maximum Gasteiger partial charge on any atom is 0.0465 e. The largest absolute Gasteiger partial charge is 0.310 e. The smallest absolute Gasteiger partial charge is 0.0465 e. The summed E-state index contributed by atoms with van der Waals surface area (Å²) in [4.78, 5) is 2.40. The lowest BCUT2D eigenvalue weighted by atomic mass is 9.80. The van der Waals surface area contributed by atoms with Gasteiger partial charge in [0.1, 0.15) is 0 Å². The summed E-state index contributed by atoms with van der Waals surface area (Å²) in [6.07, 6.45) is 0. The molecule has 0 heterocycles. The minimum atomic E-state index is -0.190. The van der Waals surface area contributed by atoms with Crippen LogP contribution in [0.4, 0.5) is 17.1 Å². The summed E-state index contributed by atoms with van der Waals surface area (Å²) in [6, 6.07) is 48.9. The number of benzene rings is 8. The molecular formula is C55H53N. The van der Waals surface area contributed by atoms with Crippen LogP contribution in [0.3, 0.4) is 0 Å². The zero-order valence-electron chi connectivity index (χ0n) is 34.8. The van der Waals surface area contributed by atoms with E-state index in [1.54, 1.807) is 0 Å². The van der Waals surface area contributed by atoms with Crippen molar-refractivity contribution in [1.82, 2.24) is 0 Å². The third-order valence-electron chi connectivity index (χ3n) is 12.6. The van der Waals surface area contributed by atoms with Crippen molar-refractivity contribution in [2.75, 3.05) is 4.90 Å². The van der Waals surface area contributed by atoms with Crippen LogP contribution >= 0.6 is 0 Å². The normalized spacial score (nSPS) is 13.8. The van der Waals surface area contributed by atoms with E-state index in [1.165, 1.54) is 82.4 Å². The Morgan fingerprint density at radius 1 is 0.518 bits per heavy atom. The molecule has 0 radical (unpaired) electrons. The number of allylic oxidation sites excluding steroid dienone is 1. The van der Waals surface area contributed by atoms with Gasteiger partial charge in [0.2, 0.25) is 0 Å². The maximum atomic E-state index is 4.18. The van der Waals surface area contributed by atoms with Crippen LogP contribution in [-0.4, -0.2) is 0 Å². The van der Waals surface area contributed by atoms with Crippen LogP contribution in [0.1, 0.15) is 95.7 Å². The van der Waals surface area contributed by atoms with Gasteiger partial charge >= 0.3 is 0 Å². The average molecular weight is 728 g/mol. The Bertz CT molecular complexity index is 2830. The molecule has 0 amide bonds. The van der Waals surface area contributed by atoms with Crippen LogP contribution in [-0.2, 0) is 16.2 Å². The van der Waals surface area contributed by atoms with Crippen molar-refractivity contribution >= 4 is 55.0 Å². The van der Waals surface area contributed by atoms with Gasteiger partial charge in [-0.05, 0) is 155 Å². The van der Waals surface area contributed by atoms with E-state index in [0.717, 1.165) is 28.2 Å². The van der Waals surface area contributed by atoms with Crippen LogP contribution in [0.5, 0.6) is 0 Å². The lowest BCUT2D eigenvalue weighted by Crippen LogP contribution is -2.17. The van der Waals surface area contributed by atoms with E-state index in [0.29, 0.717) is 0 Å². The lowest BCUT2D eigenvalue weighted by Gasteiger charge is -2.29. The zero-order valence-corrected chi connectivity index (χ0v) is 34.8. The first-order chi connectivity index (χ1) is 26.5. The van der Waals surface area contributed by atoms with Crippen LogP contribution < -0.4 is 4.90 Å². The van der Waals surface area contributed by atoms with Gasteiger partial charge in [0.25, 0.3) is 0 Å². The SMILES string of the molecule is C=C(C)c1ccc(N(c2ccc(C(C)(C)C)cc2)c2ccc3c(c2)C(C)(C)c2cc(-c4cc(C)c5ccc6cc(C(C)(C)C)cc7ccc4c5c67)ccc2-3)cc1. The Labute approximate surface area is 333 Å². The van der Waals surface area contributed by atoms with Crippen molar-refractivity contribution < 1.29 is 0 Å². The summed E-state index contributed by atoms with van der Waals surface area (Å²) in [6.45, 7) is 27.1. The summed E-state index contributed by atoms with van der Waals surface area (Å²) in [7, 11) is 0. The molecule has 1 aliphatic rings. The van der Waals surface area contributed by atoms with Gasteiger partial charge in [0.05, 0.1) is 0 Å². The molecular weight excluding hydrogens is 675 g/mol. The fraction of sp³-hybridized carbons (Fsp3) is 0.236. The fourth-order valence-electron chi connectivity index (χ4n) is 9.25. The van der Waals surface area contributed by atoms with Crippen molar-refractivity contribution in [3.63, 3.8) is 0 Å². The molecule has 9 rings (SSSR count). The van der Waals surface area contributed by atoms with Crippen molar-refractivity contribution in [2.45, 2.75) is 85.5 Å². The number of anilines is 3. The molecule has 0 N–H and O–H groups in total. The molecule has 1 nitrogen and oxygen atoms in total. The predicted octanol–water partition coefficient (Wildman–Crippen LogP) is 16.0. The molecule has 1 aliphatic carbocycles. The number of hydrogen-bond donors (Lipinski definition) is 0. The van der Waals surface area contributed by atoms with E-state index in [1.807, 2.05) is 0 Å². The Morgan fingerprint density at radius 3 is 1.64 bits per heavy atom. The number of aryl methyl sites for hydroxylation is 1. The monoisotopic (exact) mass is 727 g/mol. The van der Waals surface area contributed by atoms with Gasteiger partial charge in [-0.2, -0.15) is 0 Å². The molecule has 0 spiro atoms. The quantitative estimate of drug-likeness (QED) is 0.160. The number of nitrogens with zero attached hydrogens (tertiary/aromatic N) is 1. The van der Waals surface area contributed by atoms with Crippen molar-refractivity contribution in [2.24, 2.45) is 0 Å². The summed E-state index contributed by atoms with van der Waals surface area (Å²) < 4.78 is 0. The molecule has 8 aromatic carbocycles. The second-order valence-corrected chi connectivity index (χ2v) is 19.0. The minimum Gasteiger partial charge on any atom is -0.310 e. The van der Waals surface area contributed by atoms with E-state index < -0.39 is 0 Å². The Kier molecular flexibility index (Phi) is 7.99. The van der Waals surface area contributed by atoms with Gasteiger partial charge in [-0.1, -0.05) is 152 Å². The van der Waals surface area contributed by atoms with Crippen LogP contribution in [0.15, 0.2) is 134 Å². The molecule has 278 valence electrons. The average Bonchev–Trinajstić information content (AvgIpc) is 3.38. The highest BCUT2D eigenvalue weighted by atomic mass is 15.1. The molecule has 0 atom stereocenters. The number of hydrogen-bond acceptors (Lipinski definition) is 1. The minimum absolute atomic E-state index is 0.0845. The summed E-state index contributed by atoms with van der Waals surface area (Å²) in [5, 5.41) is 8.09. The van der Waals surface area contributed by atoms with Crippen LogP contribution in [0.25, 0.3) is 60.1 Å². The van der Waals surface area contributed by atoms with Crippen LogP contribution in [0.2, 0.25) is 0 Å². The van der Waals surface area contributed by atoms with E-state index in [-0.39, 0.29) is 16.2 Å². The Balaban J connectivity index is 1.16. The number of rotatable bonds is 5. The third kappa shape index (κ3) is 5.66. The topological polar surface area (TPSA) is 3.24 Å². The van der Waals surface area contributed by atoms with Gasteiger partial charge in [0.15, 0.2) is 0 Å². The molecule has 0 aromatic heterocycles. The van der Waals surface area contributed by atoms with Gasteiger partial charge < -0.3 is 4.90 Å². The molecule has 1 heteroatoms. The highest BCUT2D eigenvalue weighted by Crippen LogP contribution is 2.52. The van der Waals surface area contributed by atoms with Gasteiger partial charge in [-0.25, -0.2) is 0 Å². The molecule has 8 aromatic rings. The highest BCUT2D eigenvalue weighted by molar-refractivity contribution is 6.26. The second kappa shape index (κ2) is 12.4. The molecule has 0 bridgehead atoms.